The fraction of sp³-hybridized carbons (Fsp3) is 0.357. The number of hydrogen-bond acceptors (Lipinski definition) is 4. The van der Waals surface area contributed by atoms with Crippen molar-refractivity contribution in [3.05, 3.63) is 86.9 Å². The van der Waals surface area contributed by atoms with Crippen molar-refractivity contribution in [2.24, 2.45) is 0 Å². The SMILES string of the molecule is Cc1ccc(OC[C@H]2c3ccsc3CCN2C(=O)CN(C(=O)c2ccc(F)cc2)C2CC2)c(C)c1. The van der Waals surface area contributed by atoms with Crippen LogP contribution in [0.2, 0.25) is 0 Å². The predicted molar refractivity (Wildman–Crippen MR) is 134 cm³/mol. The van der Waals surface area contributed by atoms with Crippen LogP contribution in [0.25, 0.3) is 0 Å². The first-order valence-corrected chi connectivity index (χ1v) is 12.9. The van der Waals surface area contributed by atoms with E-state index in [0.717, 1.165) is 36.1 Å². The lowest BCUT2D eigenvalue weighted by atomic mass is 10.00. The number of fused-ring (bicyclic) bond motifs is 1. The molecular weight excluding hydrogens is 463 g/mol. The van der Waals surface area contributed by atoms with Gasteiger partial charge in [0.2, 0.25) is 5.91 Å². The van der Waals surface area contributed by atoms with Gasteiger partial charge in [0.25, 0.3) is 5.91 Å². The maximum absolute atomic E-state index is 13.6. The van der Waals surface area contributed by atoms with Crippen LogP contribution in [0.15, 0.2) is 53.9 Å². The maximum Gasteiger partial charge on any atom is 0.254 e. The van der Waals surface area contributed by atoms with E-state index in [-0.39, 0.29) is 36.3 Å². The highest BCUT2D eigenvalue weighted by Crippen LogP contribution is 2.35. The number of carbonyl (C=O) groups is 2. The van der Waals surface area contributed by atoms with Gasteiger partial charge in [-0.15, -0.1) is 11.3 Å². The first-order chi connectivity index (χ1) is 16.9. The summed E-state index contributed by atoms with van der Waals surface area (Å²) in [6.07, 6.45) is 2.57. The molecule has 2 aliphatic rings. The summed E-state index contributed by atoms with van der Waals surface area (Å²) in [5.41, 5.74) is 3.77. The second-order valence-corrected chi connectivity index (χ2v) is 10.4. The number of benzene rings is 2. The minimum atomic E-state index is -0.387. The highest BCUT2D eigenvalue weighted by Gasteiger charge is 2.38. The third-order valence-electron chi connectivity index (χ3n) is 6.79. The summed E-state index contributed by atoms with van der Waals surface area (Å²) in [5.74, 6) is 0.120. The van der Waals surface area contributed by atoms with E-state index in [1.165, 1.54) is 34.7 Å². The van der Waals surface area contributed by atoms with Crippen LogP contribution in [-0.2, 0) is 11.2 Å². The van der Waals surface area contributed by atoms with E-state index >= 15 is 0 Å². The normalized spacial score (nSPS) is 17.1. The average molecular weight is 493 g/mol. The van der Waals surface area contributed by atoms with E-state index in [1.807, 2.05) is 24.0 Å². The maximum atomic E-state index is 13.6. The first-order valence-electron chi connectivity index (χ1n) is 12.0. The Balaban J connectivity index is 1.34. The van der Waals surface area contributed by atoms with Crippen LogP contribution in [-0.4, -0.2) is 47.4 Å². The molecular formula is C28H29FN2O3S. The van der Waals surface area contributed by atoms with Crippen LogP contribution < -0.4 is 4.74 Å². The third kappa shape index (κ3) is 5.10. The van der Waals surface area contributed by atoms with Crippen molar-refractivity contribution >= 4 is 23.2 Å². The van der Waals surface area contributed by atoms with Gasteiger partial charge in [0.05, 0.1) is 6.04 Å². The lowest BCUT2D eigenvalue weighted by molar-refractivity contribution is -0.135. The second kappa shape index (κ2) is 9.82. The van der Waals surface area contributed by atoms with Gasteiger partial charge in [-0.3, -0.25) is 9.59 Å². The lowest BCUT2D eigenvalue weighted by Gasteiger charge is -2.37. The molecule has 35 heavy (non-hydrogen) atoms. The molecule has 1 saturated carbocycles. The Labute approximate surface area is 209 Å². The van der Waals surface area contributed by atoms with E-state index in [9.17, 15) is 14.0 Å². The Morgan fingerprint density at radius 3 is 2.60 bits per heavy atom. The van der Waals surface area contributed by atoms with Gasteiger partial charge in [-0.05, 0) is 86.0 Å². The molecule has 0 unspecified atom stereocenters. The molecule has 0 bridgehead atoms. The van der Waals surface area contributed by atoms with E-state index < -0.39 is 0 Å². The topological polar surface area (TPSA) is 49.9 Å². The van der Waals surface area contributed by atoms with Gasteiger partial charge in [-0.25, -0.2) is 4.39 Å². The number of rotatable bonds is 7. The highest BCUT2D eigenvalue weighted by atomic mass is 32.1. The van der Waals surface area contributed by atoms with Crippen LogP contribution >= 0.6 is 11.3 Å². The smallest absolute Gasteiger partial charge is 0.254 e. The summed E-state index contributed by atoms with van der Waals surface area (Å²) in [6.45, 7) is 5.04. The van der Waals surface area contributed by atoms with Crippen LogP contribution in [0.1, 0.15) is 50.8 Å². The summed E-state index contributed by atoms with van der Waals surface area (Å²) in [7, 11) is 0. The summed E-state index contributed by atoms with van der Waals surface area (Å²) >= 11 is 1.71. The van der Waals surface area contributed by atoms with Crippen molar-refractivity contribution in [1.82, 2.24) is 9.80 Å². The fourth-order valence-electron chi connectivity index (χ4n) is 4.75. The molecule has 5 nitrogen and oxygen atoms in total. The van der Waals surface area contributed by atoms with Gasteiger partial charge in [-0.2, -0.15) is 0 Å². The summed E-state index contributed by atoms with van der Waals surface area (Å²) in [6, 6.07) is 13.5. The van der Waals surface area contributed by atoms with Crippen LogP contribution in [0.3, 0.4) is 0 Å². The zero-order valence-electron chi connectivity index (χ0n) is 20.0. The van der Waals surface area contributed by atoms with E-state index in [0.29, 0.717) is 18.7 Å². The van der Waals surface area contributed by atoms with Crippen molar-refractivity contribution < 1.29 is 18.7 Å². The lowest BCUT2D eigenvalue weighted by Crippen LogP contribution is -2.48. The Morgan fingerprint density at radius 1 is 1.11 bits per heavy atom. The van der Waals surface area contributed by atoms with Gasteiger partial charge < -0.3 is 14.5 Å². The van der Waals surface area contributed by atoms with Crippen LogP contribution in [0.5, 0.6) is 5.75 Å². The first kappa shape index (κ1) is 23.5. The van der Waals surface area contributed by atoms with Crippen molar-refractivity contribution in [2.75, 3.05) is 19.7 Å². The molecule has 0 radical (unpaired) electrons. The van der Waals surface area contributed by atoms with E-state index in [4.69, 9.17) is 4.74 Å². The van der Waals surface area contributed by atoms with Crippen molar-refractivity contribution in [2.45, 2.75) is 45.2 Å². The average Bonchev–Trinajstić information content (AvgIpc) is 3.57. The molecule has 5 rings (SSSR count). The molecule has 3 aromatic rings. The zero-order valence-corrected chi connectivity index (χ0v) is 20.8. The second-order valence-electron chi connectivity index (χ2n) is 9.40. The van der Waals surface area contributed by atoms with Crippen LogP contribution in [0, 0.1) is 19.7 Å². The largest absolute Gasteiger partial charge is 0.491 e. The Kier molecular flexibility index (Phi) is 6.60. The fourth-order valence-corrected chi connectivity index (χ4v) is 5.68. The van der Waals surface area contributed by atoms with Gasteiger partial charge in [0.15, 0.2) is 0 Å². The van der Waals surface area contributed by atoms with Crippen molar-refractivity contribution in [3.8, 4) is 5.75 Å². The number of hydrogen-bond donors (Lipinski definition) is 0. The summed E-state index contributed by atoms with van der Waals surface area (Å²) < 4.78 is 19.6. The molecule has 182 valence electrons. The van der Waals surface area contributed by atoms with Gasteiger partial charge >= 0.3 is 0 Å². The molecule has 2 amide bonds. The summed E-state index contributed by atoms with van der Waals surface area (Å²) in [4.78, 5) is 31.6. The van der Waals surface area contributed by atoms with E-state index in [2.05, 4.69) is 24.4 Å². The molecule has 2 heterocycles. The number of amides is 2. The molecule has 1 fully saturated rings. The standard InChI is InChI=1S/C28H29FN2O3S/c1-18-3-10-25(19(2)15-18)34-17-24-23-12-14-35-26(23)11-13-30(24)27(32)16-31(22-8-9-22)28(33)20-4-6-21(29)7-5-20/h3-7,10,12,14-15,22,24H,8-9,11,13,16-17H2,1-2H3/t24-/m0/s1. The number of carbonyl (C=O) groups excluding carboxylic acids is 2. The van der Waals surface area contributed by atoms with Crippen molar-refractivity contribution in [3.63, 3.8) is 0 Å². The van der Waals surface area contributed by atoms with Crippen molar-refractivity contribution in [1.29, 1.82) is 0 Å². The minimum Gasteiger partial charge on any atom is -0.491 e. The molecule has 1 atom stereocenters. The molecule has 0 N–H and O–H groups in total. The molecule has 2 aromatic carbocycles. The van der Waals surface area contributed by atoms with Gasteiger partial charge in [-0.1, -0.05) is 17.7 Å². The number of thiophene rings is 1. The molecule has 7 heteroatoms. The number of aryl methyl sites for hydroxylation is 2. The van der Waals surface area contributed by atoms with E-state index in [1.54, 1.807) is 16.2 Å². The molecule has 1 aliphatic heterocycles. The Morgan fingerprint density at radius 2 is 1.89 bits per heavy atom. The minimum absolute atomic E-state index is 0.0143. The number of nitrogens with zero attached hydrogens (tertiary/aromatic N) is 2. The highest BCUT2D eigenvalue weighted by molar-refractivity contribution is 7.10. The third-order valence-corrected chi connectivity index (χ3v) is 7.78. The predicted octanol–water partition coefficient (Wildman–Crippen LogP) is 5.31. The molecule has 1 aliphatic carbocycles. The number of halogens is 1. The molecule has 1 aromatic heterocycles. The Bertz CT molecular complexity index is 1240. The zero-order chi connectivity index (χ0) is 24.5. The van der Waals surface area contributed by atoms with Crippen LogP contribution in [0.4, 0.5) is 4.39 Å². The molecule has 0 spiro atoms. The van der Waals surface area contributed by atoms with Gasteiger partial charge in [0.1, 0.15) is 24.7 Å². The van der Waals surface area contributed by atoms with Gasteiger partial charge in [0, 0.05) is 23.0 Å². The Hall–Kier alpha value is -3.19. The monoisotopic (exact) mass is 492 g/mol. The quantitative estimate of drug-likeness (QED) is 0.449. The summed E-state index contributed by atoms with van der Waals surface area (Å²) in [5, 5.41) is 2.07. The number of ether oxygens (including phenoxy) is 1. The molecule has 0 saturated heterocycles.